The van der Waals surface area contributed by atoms with Gasteiger partial charge in [0, 0.05) is 12.5 Å². The van der Waals surface area contributed by atoms with Crippen LogP contribution in [0.1, 0.15) is 61.3 Å². The highest BCUT2D eigenvalue weighted by atomic mass is 16.5. The number of para-hydroxylation sites is 2. The smallest absolute Gasteiger partial charge is 0.303 e. The fraction of sp³-hybridized carbons (Fsp3) is 0.312. The monoisotopic (exact) mass is 515 g/mol. The van der Waals surface area contributed by atoms with E-state index in [0.717, 1.165) is 28.9 Å². The molecule has 0 fully saturated rings. The average Bonchev–Trinajstić information content (AvgIpc) is 2.90. The van der Waals surface area contributed by atoms with Crippen LogP contribution in [-0.4, -0.2) is 23.6 Å². The zero-order valence-corrected chi connectivity index (χ0v) is 22.2. The summed E-state index contributed by atoms with van der Waals surface area (Å²) >= 11 is 0. The van der Waals surface area contributed by atoms with Gasteiger partial charge in [0.15, 0.2) is 0 Å². The Hall–Kier alpha value is -4.06. The van der Waals surface area contributed by atoms with E-state index < -0.39 is 5.97 Å². The van der Waals surface area contributed by atoms with Crippen LogP contribution in [0.4, 0.5) is 5.69 Å². The van der Waals surface area contributed by atoms with Crippen molar-refractivity contribution in [2.75, 3.05) is 11.9 Å². The van der Waals surface area contributed by atoms with E-state index in [1.165, 1.54) is 30.9 Å². The van der Waals surface area contributed by atoms with Crippen molar-refractivity contribution in [3.63, 3.8) is 0 Å². The highest BCUT2D eigenvalue weighted by Gasteiger charge is 2.07. The third-order valence-corrected chi connectivity index (χ3v) is 6.06. The largest absolute Gasteiger partial charge is 0.491 e. The van der Waals surface area contributed by atoms with Crippen molar-refractivity contribution < 1.29 is 24.2 Å². The molecule has 0 aliphatic carbocycles. The highest BCUT2D eigenvalue weighted by molar-refractivity contribution is 6.02. The van der Waals surface area contributed by atoms with Crippen LogP contribution in [-0.2, 0) is 22.6 Å². The first-order valence-electron chi connectivity index (χ1n) is 13.2. The number of nitrogens with one attached hydrogen (secondary N) is 1. The molecule has 3 aromatic carbocycles. The Bertz CT molecular complexity index is 1230. The van der Waals surface area contributed by atoms with Crippen molar-refractivity contribution in [3.8, 4) is 11.5 Å². The Morgan fingerprint density at radius 1 is 0.921 bits per heavy atom. The molecule has 0 saturated carbocycles. The van der Waals surface area contributed by atoms with Crippen LogP contribution in [0, 0.1) is 6.92 Å². The predicted octanol–water partition coefficient (Wildman–Crippen LogP) is 7.20. The zero-order valence-electron chi connectivity index (χ0n) is 22.2. The van der Waals surface area contributed by atoms with Crippen LogP contribution in [0.5, 0.6) is 11.5 Å². The molecule has 0 aromatic heterocycles. The summed E-state index contributed by atoms with van der Waals surface area (Å²) in [6, 6.07) is 21.5. The molecule has 0 aliphatic rings. The third kappa shape index (κ3) is 9.77. The quantitative estimate of drug-likeness (QED) is 0.165. The predicted molar refractivity (Wildman–Crippen MR) is 152 cm³/mol. The molecule has 1 amide bonds. The van der Waals surface area contributed by atoms with Gasteiger partial charge in [-0.1, -0.05) is 62.2 Å². The Kier molecular flexibility index (Phi) is 11.4. The number of aryl methyl sites for hydroxylation is 2. The minimum absolute atomic E-state index is 0.0345. The van der Waals surface area contributed by atoms with Crippen LogP contribution in [0.3, 0.4) is 0 Å². The van der Waals surface area contributed by atoms with Crippen LogP contribution < -0.4 is 14.8 Å². The van der Waals surface area contributed by atoms with Crippen LogP contribution in [0.25, 0.3) is 6.08 Å². The molecular formula is C32H37NO5. The molecule has 0 atom stereocenters. The highest BCUT2D eigenvalue weighted by Crippen LogP contribution is 2.24. The summed E-state index contributed by atoms with van der Waals surface area (Å²) in [6.45, 7) is 4.97. The topological polar surface area (TPSA) is 84.9 Å². The maximum Gasteiger partial charge on any atom is 0.303 e. The second kappa shape index (κ2) is 15.3. The lowest BCUT2D eigenvalue weighted by Gasteiger charge is -2.11. The second-order valence-electron chi connectivity index (χ2n) is 9.25. The summed E-state index contributed by atoms with van der Waals surface area (Å²) in [5.41, 5.74) is 4.96. The van der Waals surface area contributed by atoms with Crippen molar-refractivity contribution in [1.29, 1.82) is 0 Å². The Morgan fingerprint density at radius 2 is 1.74 bits per heavy atom. The lowest BCUT2D eigenvalue weighted by atomic mass is 10.0. The van der Waals surface area contributed by atoms with Gasteiger partial charge in [-0.25, -0.2) is 0 Å². The number of hydrogen-bond acceptors (Lipinski definition) is 4. The number of benzene rings is 3. The van der Waals surface area contributed by atoms with Crippen LogP contribution in [0.15, 0.2) is 72.8 Å². The van der Waals surface area contributed by atoms with Crippen molar-refractivity contribution >= 4 is 23.6 Å². The van der Waals surface area contributed by atoms with Gasteiger partial charge in [0.1, 0.15) is 18.1 Å². The fourth-order valence-corrected chi connectivity index (χ4v) is 3.99. The van der Waals surface area contributed by atoms with E-state index in [-0.39, 0.29) is 18.9 Å². The first-order chi connectivity index (χ1) is 18.4. The Labute approximate surface area is 225 Å². The number of carboxylic acids is 1. The summed E-state index contributed by atoms with van der Waals surface area (Å²) in [5.74, 6) is 0.140. The third-order valence-electron chi connectivity index (χ3n) is 6.06. The van der Waals surface area contributed by atoms with Crippen molar-refractivity contribution in [2.45, 2.75) is 59.0 Å². The summed E-state index contributed by atoms with van der Waals surface area (Å²) in [7, 11) is 0. The molecule has 2 N–H and O–H groups in total. The number of amides is 1. The van der Waals surface area contributed by atoms with Gasteiger partial charge in [-0.2, -0.15) is 0 Å². The standard InChI is InChI=1S/C32H37NO5/c1-3-4-5-10-25-11-8-12-26(22-25)23-38-28-18-16-27(24(2)21-28)17-19-31(34)33-29-13-6-7-14-30(29)37-20-9-15-32(35)36/h6-8,11-14,16-19,21-22H,3-5,9-10,15,20,23H2,1-2H3,(H,33,34)(H,35,36)/b19-17+. The van der Waals surface area contributed by atoms with Crippen LogP contribution in [0.2, 0.25) is 0 Å². The average molecular weight is 516 g/mol. The summed E-state index contributed by atoms with van der Waals surface area (Å²) in [4.78, 5) is 23.2. The molecule has 0 aliphatic heterocycles. The van der Waals surface area contributed by atoms with E-state index >= 15 is 0 Å². The number of aliphatic carboxylic acids is 1. The van der Waals surface area contributed by atoms with Gasteiger partial charge in [-0.3, -0.25) is 9.59 Å². The first kappa shape index (κ1) is 28.5. The summed E-state index contributed by atoms with van der Waals surface area (Å²) in [5, 5.41) is 11.6. The van der Waals surface area contributed by atoms with Crippen molar-refractivity contribution in [2.24, 2.45) is 0 Å². The summed E-state index contributed by atoms with van der Waals surface area (Å²) in [6.07, 6.45) is 8.45. The molecular weight excluding hydrogens is 478 g/mol. The van der Waals surface area contributed by atoms with Gasteiger partial charge in [0.25, 0.3) is 0 Å². The van der Waals surface area contributed by atoms with Crippen molar-refractivity contribution in [1.82, 2.24) is 0 Å². The number of unbranched alkanes of at least 4 members (excludes halogenated alkanes) is 2. The number of carbonyl (C=O) groups is 2. The number of rotatable bonds is 15. The van der Waals surface area contributed by atoms with Crippen molar-refractivity contribution in [3.05, 3.63) is 95.1 Å². The molecule has 0 saturated heterocycles. The molecule has 6 nitrogen and oxygen atoms in total. The molecule has 0 unspecified atom stereocenters. The normalized spacial score (nSPS) is 10.9. The molecule has 38 heavy (non-hydrogen) atoms. The molecule has 3 aromatic rings. The molecule has 200 valence electrons. The van der Waals surface area contributed by atoms with E-state index in [1.54, 1.807) is 30.3 Å². The summed E-state index contributed by atoms with van der Waals surface area (Å²) < 4.78 is 11.7. The second-order valence-corrected chi connectivity index (χ2v) is 9.25. The molecule has 0 spiro atoms. The van der Waals surface area contributed by atoms with E-state index in [2.05, 4.69) is 36.5 Å². The lowest BCUT2D eigenvalue weighted by molar-refractivity contribution is -0.137. The van der Waals surface area contributed by atoms with Gasteiger partial charge in [-0.15, -0.1) is 0 Å². The number of carbonyl (C=O) groups excluding carboxylic acids is 1. The molecule has 3 rings (SSSR count). The van der Waals surface area contributed by atoms with Gasteiger partial charge in [-0.05, 0) is 78.8 Å². The SMILES string of the molecule is CCCCCc1cccc(COc2ccc(/C=C/C(=O)Nc3ccccc3OCCCC(=O)O)c(C)c2)c1. The molecule has 6 heteroatoms. The van der Waals surface area contributed by atoms with Gasteiger partial charge in [0.05, 0.1) is 12.3 Å². The maximum absolute atomic E-state index is 12.5. The van der Waals surface area contributed by atoms with E-state index in [1.807, 2.05) is 25.1 Å². The Balaban J connectivity index is 1.53. The molecule has 0 heterocycles. The molecule has 0 radical (unpaired) electrons. The van der Waals surface area contributed by atoms with E-state index in [0.29, 0.717) is 24.5 Å². The van der Waals surface area contributed by atoms with E-state index in [9.17, 15) is 9.59 Å². The maximum atomic E-state index is 12.5. The first-order valence-corrected chi connectivity index (χ1v) is 13.2. The fourth-order valence-electron chi connectivity index (χ4n) is 3.99. The van der Waals surface area contributed by atoms with Gasteiger partial charge in [0.2, 0.25) is 5.91 Å². The zero-order chi connectivity index (χ0) is 27.2. The Morgan fingerprint density at radius 3 is 2.53 bits per heavy atom. The number of ether oxygens (including phenoxy) is 2. The van der Waals surface area contributed by atoms with Crippen LogP contribution >= 0.6 is 0 Å². The minimum Gasteiger partial charge on any atom is -0.491 e. The van der Waals surface area contributed by atoms with E-state index in [4.69, 9.17) is 14.6 Å². The number of hydrogen-bond donors (Lipinski definition) is 2. The molecule has 0 bridgehead atoms. The number of carboxylic acid groups (broad SMARTS) is 1. The van der Waals surface area contributed by atoms with Gasteiger partial charge < -0.3 is 19.9 Å². The number of anilines is 1. The minimum atomic E-state index is -0.863. The van der Waals surface area contributed by atoms with Gasteiger partial charge >= 0.3 is 5.97 Å². The lowest BCUT2D eigenvalue weighted by Crippen LogP contribution is -2.10.